The lowest BCUT2D eigenvalue weighted by Crippen LogP contribution is -2.36. The molecule has 0 saturated heterocycles. The highest BCUT2D eigenvalue weighted by Crippen LogP contribution is 2.18. The Balaban J connectivity index is 2.75. The van der Waals surface area contributed by atoms with Crippen LogP contribution in [0.15, 0.2) is 12.1 Å². The van der Waals surface area contributed by atoms with Crippen molar-refractivity contribution in [1.29, 1.82) is 0 Å². The number of hydrogen-bond acceptors (Lipinski definition) is 1. The molecule has 0 aromatic heterocycles. The zero-order valence-corrected chi connectivity index (χ0v) is 13.2. The van der Waals surface area contributed by atoms with Crippen molar-refractivity contribution < 1.29 is 13.2 Å². The standard InChI is InChI=1S/C15H21F3N2S/c1-3-5-7-20(8-6-4-2)15(21)19-11-9-12(16)14(18)13(17)10-11/h9-10H,3-8H2,1-2H3,(H,19,21). The van der Waals surface area contributed by atoms with Crippen LogP contribution in [-0.2, 0) is 0 Å². The Kier molecular flexibility index (Phi) is 7.50. The van der Waals surface area contributed by atoms with E-state index in [9.17, 15) is 13.2 Å². The van der Waals surface area contributed by atoms with Crippen LogP contribution in [0, 0.1) is 17.5 Å². The molecule has 6 heteroatoms. The zero-order valence-electron chi connectivity index (χ0n) is 12.4. The average molecular weight is 318 g/mol. The fourth-order valence-corrected chi connectivity index (χ4v) is 2.14. The van der Waals surface area contributed by atoms with Crippen molar-refractivity contribution in [2.45, 2.75) is 39.5 Å². The lowest BCUT2D eigenvalue weighted by molar-refractivity contribution is 0.403. The van der Waals surface area contributed by atoms with E-state index in [0.717, 1.165) is 50.9 Å². The van der Waals surface area contributed by atoms with Crippen LogP contribution >= 0.6 is 12.2 Å². The second-order valence-electron chi connectivity index (χ2n) is 4.88. The van der Waals surface area contributed by atoms with Crippen LogP contribution in [0.5, 0.6) is 0 Å². The van der Waals surface area contributed by atoms with Gasteiger partial charge in [0.05, 0.1) is 0 Å². The first kappa shape index (κ1) is 17.8. The Morgan fingerprint density at radius 1 is 1.05 bits per heavy atom. The summed E-state index contributed by atoms with van der Waals surface area (Å²) in [7, 11) is 0. The van der Waals surface area contributed by atoms with Crippen LogP contribution in [0.2, 0.25) is 0 Å². The van der Waals surface area contributed by atoms with E-state index in [1.807, 2.05) is 4.90 Å². The Hall–Kier alpha value is -1.30. The third-order valence-electron chi connectivity index (χ3n) is 3.09. The molecule has 2 nitrogen and oxygen atoms in total. The molecule has 0 saturated carbocycles. The van der Waals surface area contributed by atoms with Crippen molar-refractivity contribution in [3.8, 4) is 0 Å². The fourth-order valence-electron chi connectivity index (χ4n) is 1.84. The molecule has 21 heavy (non-hydrogen) atoms. The Morgan fingerprint density at radius 2 is 1.52 bits per heavy atom. The van der Waals surface area contributed by atoms with Crippen LogP contribution < -0.4 is 5.32 Å². The molecule has 1 N–H and O–H groups in total. The van der Waals surface area contributed by atoms with Crippen molar-refractivity contribution >= 4 is 23.0 Å². The SMILES string of the molecule is CCCCN(CCCC)C(=S)Nc1cc(F)c(F)c(F)c1. The molecule has 1 aromatic carbocycles. The normalized spacial score (nSPS) is 10.5. The van der Waals surface area contributed by atoms with Gasteiger partial charge >= 0.3 is 0 Å². The minimum atomic E-state index is -1.47. The summed E-state index contributed by atoms with van der Waals surface area (Å²) in [5, 5.41) is 3.18. The van der Waals surface area contributed by atoms with E-state index < -0.39 is 17.5 Å². The molecule has 0 amide bonds. The van der Waals surface area contributed by atoms with Gasteiger partial charge in [-0.25, -0.2) is 13.2 Å². The number of nitrogens with zero attached hydrogens (tertiary/aromatic N) is 1. The summed E-state index contributed by atoms with van der Waals surface area (Å²) >= 11 is 5.28. The predicted octanol–water partition coefficient (Wildman–Crippen LogP) is 4.70. The van der Waals surface area contributed by atoms with Crippen molar-refractivity contribution in [2.24, 2.45) is 0 Å². The number of benzene rings is 1. The van der Waals surface area contributed by atoms with Crippen molar-refractivity contribution in [3.05, 3.63) is 29.6 Å². The number of halogens is 3. The molecular formula is C15H21F3N2S. The van der Waals surface area contributed by atoms with Gasteiger partial charge in [-0.2, -0.15) is 0 Å². The number of nitrogens with one attached hydrogen (secondary N) is 1. The first-order valence-corrected chi connectivity index (χ1v) is 7.60. The highest BCUT2D eigenvalue weighted by Gasteiger charge is 2.13. The molecule has 0 radical (unpaired) electrons. The van der Waals surface area contributed by atoms with Gasteiger partial charge in [-0.05, 0) is 25.1 Å². The van der Waals surface area contributed by atoms with E-state index in [0.29, 0.717) is 5.11 Å². The maximum absolute atomic E-state index is 13.2. The number of anilines is 1. The zero-order chi connectivity index (χ0) is 15.8. The smallest absolute Gasteiger partial charge is 0.194 e. The van der Waals surface area contributed by atoms with E-state index in [1.54, 1.807) is 0 Å². The lowest BCUT2D eigenvalue weighted by Gasteiger charge is -2.25. The molecule has 0 spiro atoms. The molecular weight excluding hydrogens is 297 g/mol. The second-order valence-corrected chi connectivity index (χ2v) is 5.26. The molecule has 1 rings (SSSR count). The van der Waals surface area contributed by atoms with Gasteiger partial charge in [0, 0.05) is 30.9 Å². The summed E-state index contributed by atoms with van der Waals surface area (Å²) in [5.74, 6) is -3.93. The third kappa shape index (κ3) is 5.53. The lowest BCUT2D eigenvalue weighted by atomic mass is 10.2. The molecule has 1 aromatic rings. The largest absolute Gasteiger partial charge is 0.349 e. The summed E-state index contributed by atoms with van der Waals surface area (Å²) in [6, 6.07) is 1.81. The monoisotopic (exact) mass is 318 g/mol. The van der Waals surface area contributed by atoms with Gasteiger partial charge in [-0.1, -0.05) is 26.7 Å². The van der Waals surface area contributed by atoms with Crippen molar-refractivity contribution in [1.82, 2.24) is 4.90 Å². The van der Waals surface area contributed by atoms with Gasteiger partial charge in [0.2, 0.25) is 0 Å². The van der Waals surface area contributed by atoms with E-state index in [2.05, 4.69) is 19.2 Å². The van der Waals surface area contributed by atoms with Crippen LogP contribution in [0.1, 0.15) is 39.5 Å². The summed E-state index contributed by atoms with van der Waals surface area (Å²) < 4.78 is 39.3. The highest BCUT2D eigenvalue weighted by atomic mass is 32.1. The minimum absolute atomic E-state index is 0.120. The Morgan fingerprint density at radius 3 is 1.95 bits per heavy atom. The molecule has 0 heterocycles. The minimum Gasteiger partial charge on any atom is -0.349 e. The average Bonchev–Trinajstić information content (AvgIpc) is 2.44. The molecule has 0 bridgehead atoms. The van der Waals surface area contributed by atoms with E-state index in [-0.39, 0.29) is 5.69 Å². The molecule has 0 aliphatic rings. The first-order valence-electron chi connectivity index (χ1n) is 7.20. The van der Waals surface area contributed by atoms with E-state index >= 15 is 0 Å². The van der Waals surface area contributed by atoms with E-state index in [4.69, 9.17) is 12.2 Å². The maximum atomic E-state index is 13.2. The fraction of sp³-hybridized carbons (Fsp3) is 0.533. The molecule has 0 unspecified atom stereocenters. The van der Waals surface area contributed by atoms with Crippen LogP contribution in [0.4, 0.5) is 18.9 Å². The first-order chi connectivity index (χ1) is 9.99. The topological polar surface area (TPSA) is 15.3 Å². The maximum Gasteiger partial charge on any atom is 0.194 e. The van der Waals surface area contributed by atoms with Crippen molar-refractivity contribution in [3.63, 3.8) is 0 Å². The van der Waals surface area contributed by atoms with Gasteiger partial charge in [-0.15, -0.1) is 0 Å². The van der Waals surface area contributed by atoms with E-state index in [1.165, 1.54) is 0 Å². The predicted molar refractivity (Wildman–Crippen MR) is 83.9 cm³/mol. The summed E-state index contributed by atoms with van der Waals surface area (Å²) in [6.45, 7) is 5.74. The number of rotatable bonds is 7. The quantitative estimate of drug-likeness (QED) is 0.579. The van der Waals surface area contributed by atoms with Gasteiger partial charge in [-0.3, -0.25) is 0 Å². The second kappa shape index (κ2) is 8.87. The molecule has 0 fully saturated rings. The number of thiocarbonyl (C=S) groups is 1. The molecule has 0 aliphatic carbocycles. The highest BCUT2D eigenvalue weighted by molar-refractivity contribution is 7.80. The van der Waals surface area contributed by atoms with Gasteiger partial charge in [0.1, 0.15) is 0 Å². The summed E-state index contributed by atoms with van der Waals surface area (Å²) in [5.41, 5.74) is 0.120. The van der Waals surface area contributed by atoms with Gasteiger partial charge in [0.25, 0.3) is 0 Å². The van der Waals surface area contributed by atoms with Gasteiger partial charge < -0.3 is 10.2 Å². The summed E-state index contributed by atoms with van der Waals surface area (Å²) in [4.78, 5) is 1.97. The molecule has 0 aliphatic heterocycles. The van der Waals surface area contributed by atoms with Crippen LogP contribution in [0.25, 0.3) is 0 Å². The molecule has 118 valence electrons. The number of unbranched alkanes of at least 4 members (excludes halogenated alkanes) is 2. The van der Waals surface area contributed by atoms with Crippen molar-refractivity contribution in [2.75, 3.05) is 18.4 Å². The molecule has 0 atom stereocenters. The third-order valence-corrected chi connectivity index (χ3v) is 3.45. The number of hydrogen-bond donors (Lipinski definition) is 1. The summed E-state index contributed by atoms with van der Waals surface area (Å²) in [6.07, 6.45) is 4.03. The van der Waals surface area contributed by atoms with Gasteiger partial charge in [0.15, 0.2) is 22.6 Å². The van der Waals surface area contributed by atoms with Crippen LogP contribution in [-0.4, -0.2) is 23.1 Å². The Bertz CT molecular complexity index is 449. The van der Waals surface area contributed by atoms with Crippen LogP contribution in [0.3, 0.4) is 0 Å². The Labute approximate surface area is 129 Å².